The summed E-state index contributed by atoms with van der Waals surface area (Å²) in [5.41, 5.74) is 0. The molecule has 0 aliphatic heterocycles. The van der Waals surface area contributed by atoms with E-state index in [4.69, 9.17) is 0 Å². The molecule has 1 aliphatic carbocycles. The summed E-state index contributed by atoms with van der Waals surface area (Å²) in [6, 6.07) is 0. The van der Waals surface area contributed by atoms with Gasteiger partial charge in [-0.05, 0) is 31.6 Å². The van der Waals surface area contributed by atoms with Gasteiger partial charge in [0.15, 0.2) is 0 Å². The number of carbonyl (C=O) groups is 1. The Morgan fingerprint density at radius 1 is 1.31 bits per heavy atom. The molecule has 0 spiro atoms. The van der Waals surface area contributed by atoms with Crippen LogP contribution in [0, 0.1) is 17.8 Å². The van der Waals surface area contributed by atoms with E-state index in [-0.39, 0.29) is 0 Å². The van der Waals surface area contributed by atoms with Crippen LogP contribution in [-0.2, 0) is 4.79 Å². The molecule has 0 heterocycles. The van der Waals surface area contributed by atoms with E-state index < -0.39 is 0 Å². The number of ketones is 1. The van der Waals surface area contributed by atoms with Gasteiger partial charge >= 0.3 is 0 Å². The predicted molar refractivity (Wildman–Crippen MR) is 69.4 cm³/mol. The Labute approximate surface area is 101 Å². The van der Waals surface area contributed by atoms with Crippen LogP contribution in [0.5, 0.6) is 0 Å². The van der Waals surface area contributed by atoms with Crippen LogP contribution in [0.3, 0.4) is 0 Å². The molecule has 1 saturated carbocycles. The summed E-state index contributed by atoms with van der Waals surface area (Å²) in [6.07, 6.45) is 9.50. The van der Waals surface area contributed by atoms with Crippen LogP contribution >= 0.6 is 0 Å². The molecule has 0 saturated heterocycles. The molecule has 1 fully saturated rings. The van der Waals surface area contributed by atoms with Crippen molar-refractivity contribution in [1.82, 2.24) is 0 Å². The van der Waals surface area contributed by atoms with Gasteiger partial charge in [0.25, 0.3) is 0 Å². The van der Waals surface area contributed by atoms with Crippen LogP contribution in [0.2, 0.25) is 0 Å². The number of Topliss-reactive ketones (excluding diaryl/α,β-unsaturated/α-hetero) is 1. The number of hydrogen-bond donors (Lipinski definition) is 0. The predicted octanol–water partition coefficient (Wildman–Crippen LogP) is 4.60. The van der Waals surface area contributed by atoms with E-state index in [0.29, 0.717) is 17.6 Å². The van der Waals surface area contributed by atoms with Crippen LogP contribution in [0.4, 0.5) is 0 Å². The molecule has 1 aliphatic rings. The summed E-state index contributed by atoms with van der Waals surface area (Å²) >= 11 is 0. The van der Waals surface area contributed by atoms with Crippen molar-refractivity contribution in [3.63, 3.8) is 0 Å². The van der Waals surface area contributed by atoms with Gasteiger partial charge in [-0.15, -0.1) is 0 Å². The Kier molecular flexibility index (Phi) is 6.08. The van der Waals surface area contributed by atoms with Gasteiger partial charge in [-0.25, -0.2) is 0 Å². The lowest BCUT2D eigenvalue weighted by molar-refractivity contribution is -0.128. The molecule has 0 aromatic heterocycles. The second kappa shape index (κ2) is 7.09. The van der Waals surface area contributed by atoms with E-state index in [1.54, 1.807) is 0 Å². The van der Waals surface area contributed by atoms with E-state index in [2.05, 4.69) is 20.8 Å². The van der Waals surface area contributed by atoms with Crippen LogP contribution in [0.1, 0.15) is 72.1 Å². The summed E-state index contributed by atoms with van der Waals surface area (Å²) in [5.74, 6) is 2.11. The van der Waals surface area contributed by atoms with Crippen LogP contribution in [-0.4, -0.2) is 5.78 Å². The molecule has 0 bridgehead atoms. The molecule has 1 rings (SSSR count). The average Bonchev–Trinajstić information content (AvgIpc) is 2.29. The quantitative estimate of drug-likeness (QED) is 0.644. The van der Waals surface area contributed by atoms with Crippen LogP contribution < -0.4 is 0 Å². The molecular formula is C15H28O. The van der Waals surface area contributed by atoms with E-state index in [1.165, 1.54) is 25.7 Å². The van der Waals surface area contributed by atoms with E-state index in [1.807, 2.05) is 0 Å². The Morgan fingerprint density at radius 3 is 2.62 bits per heavy atom. The lowest BCUT2D eigenvalue weighted by Crippen LogP contribution is -2.27. The maximum Gasteiger partial charge on any atom is 0.139 e. The van der Waals surface area contributed by atoms with Crippen LogP contribution in [0.25, 0.3) is 0 Å². The highest BCUT2D eigenvalue weighted by molar-refractivity contribution is 5.83. The first-order chi connectivity index (χ1) is 7.69. The van der Waals surface area contributed by atoms with Gasteiger partial charge in [-0.1, -0.05) is 46.5 Å². The van der Waals surface area contributed by atoms with Crippen LogP contribution in [0.15, 0.2) is 0 Å². The van der Waals surface area contributed by atoms with E-state index in [0.717, 1.165) is 31.6 Å². The molecule has 0 aromatic carbocycles. The zero-order chi connectivity index (χ0) is 12.0. The molecule has 1 nitrogen and oxygen atoms in total. The van der Waals surface area contributed by atoms with Gasteiger partial charge in [-0.2, -0.15) is 0 Å². The SMILES string of the molecule is CCCCC(CC)C(=O)C1CCCC(C)C1. The normalized spacial score (nSPS) is 27.7. The van der Waals surface area contributed by atoms with Crippen molar-refractivity contribution in [2.24, 2.45) is 17.8 Å². The minimum absolute atomic E-state index is 0.357. The third kappa shape index (κ3) is 3.92. The van der Waals surface area contributed by atoms with E-state index in [9.17, 15) is 4.79 Å². The average molecular weight is 224 g/mol. The molecular weight excluding hydrogens is 196 g/mol. The maximum absolute atomic E-state index is 12.4. The lowest BCUT2D eigenvalue weighted by atomic mass is 9.76. The Bertz CT molecular complexity index is 209. The highest BCUT2D eigenvalue weighted by Gasteiger charge is 2.28. The molecule has 0 amide bonds. The number of hydrogen-bond acceptors (Lipinski definition) is 1. The zero-order valence-electron chi connectivity index (χ0n) is 11.3. The standard InChI is InChI=1S/C15H28O/c1-4-6-9-13(5-2)15(16)14-10-7-8-12(3)11-14/h12-14H,4-11H2,1-3H3. The molecule has 0 N–H and O–H groups in total. The Morgan fingerprint density at radius 2 is 2.06 bits per heavy atom. The summed E-state index contributed by atoms with van der Waals surface area (Å²) < 4.78 is 0. The first-order valence-electron chi connectivity index (χ1n) is 7.22. The highest BCUT2D eigenvalue weighted by Crippen LogP contribution is 2.32. The van der Waals surface area contributed by atoms with E-state index >= 15 is 0 Å². The fourth-order valence-corrected chi connectivity index (χ4v) is 3.02. The Balaban J connectivity index is 2.46. The smallest absolute Gasteiger partial charge is 0.139 e. The van der Waals surface area contributed by atoms with Crippen molar-refractivity contribution in [2.75, 3.05) is 0 Å². The molecule has 3 unspecified atom stereocenters. The van der Waals surface area contributed by atoms with Gasteiger partial charge in [0, 0.05) is 11.8 Å². The summed E-state index contributed by atoms with van der Waals surface area (Å²) in [6.45, 7) is 6.68. The monoisotopic (exact) mass is 224 g/mol. The summed E-state index contributed by atoms with van der Waals surface area (Å²) in [4.78, 5) is 12.4. The zero-order valence-corrected chi connectivity index (χ0v) is 11.3. The second-order valence-electron chi connectivity index (χ2n) is 5.62. The van der Waals surface area contributed by atoms with Gasteiger partial charge < -0.3 is 0 Å². The molecule has 0 radical (unpaired) electrons. The Hall–Kier alpha value is -0.330. The molecule has 3 atom stereocenters. The fraction of sp³-hybridized carbons (Fsp3) is 0.933. The summed E-state index contributed by atoms with van der Waals surface area (Å²) in [7, 11) is 0. The maximum atomic E-state index is 12.4. The lowest BCUT2D eigenvalue weighted by Gasteiger charge is -2.28. The highest BCUT2D eigenvalue weighted by atomic mass is 16.1. The third-order valence-corrected chi connectivity index (χ3v) is 4.14. The van der Waals surface area contributed by atoms with Gasteiger partial charge in [0.2, 0.25) is 0 Å². The summed E-state index contributed by atoms with van der Waals surface area (Å²) in [5, 5.41) is 0. The fourth-order valence-electron chi connectivity index (χ4n) is 3.02. The number of carbonyl (C=O) groups excluding carboxylic acids is 1. The molecule has 16 heavy (non-hydrogen) atoms. The van der Waals surface area contributed by atoms with Gasteiger partial charge in [0.05, 0.1) is 0 Å². The van der Waals surface area contributed by atoms with Gasteiger partial charge in [0.1, 0.15) is 5.78 Å². The molecule has 0 aromatic rings. The van der Waals surface area contributed by atoms with Gasteiger partial charge in [-0.3, -0.25) is 4.79 Å². The third-order valence-electron chi connectivity index (χ3n) is 4.14. The van der Waals surface area contributed by atoms with Crippen molar-refractivity contribution in [2.45, 2.75) is 72.1 Å². The molecule has 1 heteroatoms. The van der Waals surface area contributed by atoms with Crippen molar-refractivity contribution in [3.8, 4) is 0 Å². The second-order valence-corrected chi connectivity index (χ2v) is 5.62. The minimum Gasteiger partial charge on any atom is -0.299 e. The topological polar surface area (TPSA) is 17.1 Å². The number of unbranched alkanes of at least 4 members (excludes halogenated alkanes) is 1. The largest absolute Gasteiger partial charge is 0.299 e. The van der Waals surface area contributed by atoms with Crippen molar-refractivity contribution < 1.29 is 4.79 Å². The first kappa shape index (κ1) is 13.7. The minimum atomic E-state index is 0.357. The van der Waals surface area contributed by atoms with Crippen molar-refractivity contribution in [3.05, 3.63) is 0 Å². The molecule has 94 valence electrons. The van der Waals surface area contributed by atoms with Crippen molar-refractivity contribution >= 4 is 5.78 Å². The van der Waals surface area contributed by atoms with Crippen molar-refractivity contribution in [1.29, 1.82) is 0 Å². The first-order valence-corrected chi connectivity index (χ1v) is 7.22. The number of rotatable bonds is 6.